The molecule has 10 heteroatoms. The Labute approximate surface area is 137 Å². The number of carbonyl (C=O) groups is 1. The van der Waals surface area contributed by atoms with E-state index < -0.39 is 5.97 Å². The first kappa shape index (κ1) is 16.8. The molecule has 0 spiro atoms. The van der Waals surface area contributed by atoms with Crippen molar-refractivity contribution in [3.05, 3.63) is 29.7 Å². The van der Waals surface area contributed by atoms with E-state index in [9.17, 15) is 10.1 Å². The van der Waals surface area contributed by atoms with Crippen molar-refractivity contribution in [3.63, 3.8) is 0 Å². The Balaban J connectivity index is 2.44. The topological polar surface area (TPSA) is 135 Å². The van der Waals surface area contributed by atoms with Crippen LogP contribution in [0.3, 0.4) is 0 Å². The highest BCUT2D eigenvalue weighted by Gasteiger charge is 2.16. The molecule has 2 aromatic rings. The highest BCUT2D eigenvalue weighted by Crippen LogP contribution is 2.37. The molecule has 0 saturated carbocycles. The SMILES string of the molecule is COC(=O)c1cc(NC=C(C#N)c2nn[nH]n2)c(OC)c(OC)c1. The Bertz CT molecular complexity index is 794. The van der Waals surface area contributed by atoms with E-state index in [0.29, 0.717) is 17.2 Å². The Kier molecular flexibility index (Phi) is 5.30. The minimum atomic E-state index is -0.540. The Morgan fingerprint density at radius 3 is 2.67 bits per heavy atom. The number of methoxy groups -OCH3 is 3. The summed E-state index contributed by atoms with van der Waals surface area (Å²) in [4.78, 5) is 11.8. The molecule has 0 aliphatic heterocycles. The first-order valence-corrected chi connectivity index (χ1v) is 6.59. The van der Waals surface area contributed by atoms with E-state index >= 15 is 0 Å². The van der Waals surface area contributed by atoms with Crippen LogP contribution in [0.25, 0.3) is 5.57 Å². The minimum Gasteiger partial charge on any atom is -0.493 e. The Hall–Kier alpha value is -3.61. The number of ether oxygens (including phenoxy) is 3. The summed E-state index contributed by atoms with van der Waals surface area (Å²) in [5, 5.41) is 25.2. The number of nitrogens with one attached hydrogen (secondary N) is 2. The number of hydrogen-bond donors (Lipinski definition) is 2. The Morgan fingerprint density at radius 2 is 2.12 bits per heavy atom. The normalized spacial score (nSPS) is 10.7. The molecule has 1 heterocycles. The minimum absolute atomic E-state index is 0.125. The van der Waals surface area contributed by atoms with Gasteiger partial charge in [0.25, 0.3) is 0 Å². The van der Waals surface area contributed by atoms with Gasteiger partial charge in [0.15, 0.2) is 11.5 Å². The maximum absolute atomic E-state index is 11.8. The van der Waals surface area contributed by atoms with Gasteiger partial charge in [-0.15, -0.1) is 10.2 Å². The molecule has 2 N–H and O–H groups in total. The van der Waals surface area contributed by atoms with E-state index in [4.69, 9.17) is 14.2 Å². The van der Waals surface area contributed by atoms with Crippen molar-refractivity contribution < 1.29 is 19.0 Å². The molecule has 0 aliphatic rings. The number of benzene rings is 1. The summed E-state index contributed by atoms with van der Waals surface area (Å²) in [7, 11) is 4.17. The number of tetrazole rings is 1. The molecule has 1 aromatic heterocycles. The lowest BCUT2D eigenvalue weighted by atomic mass is 10.1. The van der Waals surface area contributed by atoms with Crippen LogP contribution in [0.2, 0.25) is 0 Å². The van der Waals surface area contributed by atoms with Gasteiger partial charge in [-0.25, -0.2) is 4.79 Å². The van der Waals surface area contributed by atoms with Crippen LogP contribution in [0.1, 0.15) is 16.2 Å². The van der Waals surface area contributed by atoms with Crippen LogP contribution in [-0.2, 0) is 4.74 Å². The molecule has 1 aromatic carbocycles. The van der Waals surface area contributed by atoms with Crippen molar-refractivity contribution in [1.82, 2.24) is 20.6 Å². The molecule has 2 rings (SSSR count). The molecular weight excluding hydrogens is 316 g/mol. The van der Waals surface area contributed by atoms with Gasteiger partial charge in [0.2, 0.25) is 5.82 Å². The first-order chi connectivity index (χ1) is 11.6. The third-order valence-corrected chi connectivity index (χ3v) is 2.98. The van der Waals surface area contributed by atoms with Crippen molar-refractivity contribution in [1.29, 1.82) is 5.26 Å². The van der Waals surface area contributed by atoms with Crippen LogP contribution in [-0.4, -0.2) is 47.9 Å². The standard InChI is InChI=1S/C14H14N6O4/c1-22-11-5-8(14(21)24-3)4-10(12(11)23-2)16-7-9(6-15)13-17-19-20-18-13/h4-5,7,16H,1-3H3,(H,17,18,19,20). The van der Waals surface area contributed by atoms with E-state index in [1.807, 2.05) is 6.07 Å². The zero-order valence-electron chi connectivity index (χ0n) is 13.2. The van der Waals surface area contributed by atoms with Crippen LogP contribution >= 0.6 is 0 Å². The number of nitrogens with zero attached hydrogens (tertiary/aromatic N) is 4. The number of carbonyl (C=O) groups excluding carboxylic acids is 1. The lowest BCUT2D eigenvalue weighted by Crippen LogP contribution is -2.05. The summed E-state index contributed by atoms with van der Waals surface area (Å²) in [6.07, 6.45) is 1.36. The third kappa shape index (κ3) is 3.41. The van der Waals surface area contributed by atoms with E-state index in [2.05, 4.69) is 25.9 Å². The number of rotatable bonds is 6. The van der Waals surface area contributed by atoms with Gasteiger partial charge >= 0.3 is 5.97 Å². The number of aromatic amines is 1. The summed E-state index contributed by atoms with van der Waals surface area (Å²) >= 11 is 0. The van der Waals surface area contributed by atoms with Gasteiger partial charge in [0.1, 0.15) is 11.6 Å². The van der Waals surface area contributed by atoms with Gasteiger partial charge < -0.3 is 19.5 Å². The molecule has 24 heavy (non-hydrogen) atoms. The largest absolute Gasteiger partial charge is 0.493 e. The van der Waals surface area contributed by atoms with Gasteiger partial charge in [-0.1, -0.05) is 0 Å². The summed E-state index contributed by atoms with van der Waals surface area (Å²) in [6.45, 7) is 0. The third-order valence-electron chi connectivity index (χ3n) is 2.98. The zero-order chi connectivity index (χ0) is 17.5. The molecule has 0 saturated heterocycles. The molecule has 0 bridgehead atoms. The maximum atomic E-state index is 11.8. The highest BCUT2D eigenvalue weighted by atomic mass is 16.5. The number of aromatic nitrogens is 4. The average Bonchev–Trinajstić information content (AvgIpc) is 3.15. The van der Waals surface area contributed by atoms with Crippen molar-refractivity contribution in [3.8, 4) is 17.6 Å². The van der Waals surface area contributed by atoms with Crippen LogP contribution in [0.5, 0.6) is 11.5 Å². The summed E-state index contributed by atoms with van der Waals surface area (Å²) in [5.74, 6) is 0.267. The van der Waals surface area contributed by atoms with Crippen molar-refractivity contribution >= 4 is 17.2 Å². The van der Waals surface area contributed by atoms with Crippen LogP contribution in [0.4, 0.5) is 5.69 Å². The van der Waals surface area contributed by atoms with Crippen molar-refractivity contribution in [2.75, 3.05) is 26.6 Å². The summed E-state index contributed by atoms with van der Waals surface area (Å²) in [6, 6.07) is 4.94. The van der Waals surface area contributed by atoms with Crippen molar-refractivity contribution in [2.24, 2.45) is 0 Å². The smallest absolute Gasteiger partial charge is 0.338 e. The number of allylic oxidation sites excluding steroid dienone is 1. The summed E-state index contributed by atoms with van der Waals surface area (Å²) in [5.41, 5.74) is 0.783. The molecule has 0 amide bonds. The zero-order valence-corrected chi connectivity index (χ0v) is 13.2. The summed E-state index contributed by atoms with van der Waals surface area (Å²) < 4.78 is 15.2. The molecule has 0 fully saturated rings. The fourth-order valence-corrected chi connectivity index (χ4v) is 1.88. The average molecular weight is 330 g/mol. The van der Waals surface area contributed by atoms with Crippen LogP contribution in [0.15, 0.2) is 18.3 Å². The fourth-order valence-electron chi connectivity index (χ4n) is 1.88. The van der Waals surface area contributed by atoms with E-state index in [0.717, 1.165) is 0 Å². The Morgan fingerprint density at radius 1 is 1.33 bits per heavy atom. The number of hydrogen-bond acceptors (Lipinski definition) is 9. The fraction of sp³-hybridized carbons (Fsp3) is 0.214. The van der Waals surface area contributed by atoms with E-state index in [1.54, 1.807) is 0 Å². The van der Waals surface area contributed by atoms with Crippen LogP contribution in [0, 0.1) is 11.3 Å². The number of anilines is 1. The number of esters is 1. The quantitative estimate of drug-likeness (QED) is 0.586. The monoisotopic (exact) mass is 330 g/mol. The second kappa shape index (κ2) is 7.59. The second-order valence-electron chi connectivity index (χ2n) is 4.30. The predicted molar refractivity (Wildman–Crippen MR) is 82.3 cm³/mol. The molecule has 0 unspecified atom stereocenters. The van der Waals surface area contributed by atoms with Gasteiger partial charge in [0, 0.05) is 6.20 Å². The predicted octanol–water partition coefficient (Wildman–Crippen LogP) is 0.980. The molecular formula is C14H14N6O4. The molecule has 0 radical (unpaired) electrons. The van der Waals surface area contributed by atoms with Gasteiger partial charge in [0.05, 0.1) is 32.6 Å². The van der Waals surface area contributed by atoms with Crippen molar-refractivity contribution in [2.45, 2.75) is 0 Å². The molecule has 0 aliphatic carbocycles. The second-order valence-corrected chi connectivity index (χ2v) is 4.30. The number of nitriles is 1. The first-order valence-electron chi connectivity index (χ1n) is 6.59. The number of H-pyrrole nitrogens is 1. The van der Waals surface area contributed by atoms with E-state index in [-0.39, 0.29) is 17.0 Å². The van der Waals surface area contributed by atoms with Gasteiger partial charge in [-0.05, 0) is 17.3 Å². The van der Waals surface area contributed by atoms with Crippen LogP contribution < -0.4 is 14.8 Å². The highest BCUT2D eigenvalue weighted by molar-refractivity contribution is 5.92. The van der Waals surface area contributed by atoms with Gasteiger partial charge in [-0.2, -0.15) is 10.5 Å². The molecule has 124 valence electrons. The lowest BCUT2D eigenvalue weighted by molar-refractivity contribution is 0.0600. The molecule has 10 nitrogen and oxygen atoms in total. The van der Waals surface area contributed by atoms with E-state index in [1.165, 1.54) is 39.7 Å². The lowest BCUT2D eigenvalue weighted by Gasteiger charge is -2.14. The van der Waals surface area contributed by atoms with Gasteiger partial charge in [-0.3, -0.25) is 0 Å². The molecule has 0 atom stereocenters. The maximum Gasteiger partial charge on any atom is 0.338 e.